The molecule has 4 rings (SSSR count). The summed E-state index contributed by atoms with van der Waals surface area (Å²) >= 11 is 0. The lowest BCUT2D eigenvalue weighted by Gasteiger charge is -2.36. The number of urea groups is 1. The molecule has 2 saturated heterocycles. The maximum Gasteiger partial charge on any atom is 0.317 e. The van der Waals surface area contributed by atoms with E-state index in [0.29, 0.717) is 13.1 Å². The Morgan fingerprint density at radius 1 is 0.794 bits per heavy atom. The summed E-state index contributed by atoms with van der Waals surface area (Å²) in [5.74, 6) is 0.0818. The summed E-state index contributed by atoms with van der Waals surface area (Å²) in [6.45, 7) is 11.8. The van der Waals surface area contributed by atoms with Crippen molar-refractivity contribution in [1.82, 2.24) is 20.0 Å². The molecule has 2 amide bonds. The van der Waals surface area contributed by atoms with Gasteiger partial charge < -0.3 is 20.0 Å². The molecule has 7 heteroatoms. The van der Waals surface area contributed by atoms with Crippen molar-refractivity contribution >= 4 is 17.5 Å². The van der Waals surface area contributed by atoms with Crippen LogP contribution in [0.4, 0.5) is 10.5 Å². The number of carbonyl (C=O) groups excluding carboxylic acids is 2. The zero-order valence-corrected chi connectivity index (χ0v) is 20.3. The molecule has 0 saturated carbocycles. The number of Topliss-reactive ketones (excluding diaryl/α,β-unsaturated/α-hetero) is 1. The standard InChI is InChI=1S/C27H37N5O2/c1-23(33)25-8-10-26(11-9-25)31-18-20-32(21-19-31)27(34)28-12-5-13-29-14-16-30(17-15-29)22-24-6-3-2-4-7-24/h2-4,6-11H,5,12-22H2,1H3,(H,28,34). The summed E-state index contributed by atoms with van der Waals surface area (Å²) < 4.78 is 0. The molecule has 182 valence electrons. The van der Waals surface area contributed by atoms with Gasteiger partial charge in [-0.1, -0.05) is 30.3 Å². The maximum atomic E-state index is 12.6. The Balaban J connectivity index is 1.08. The Hall–Kier alpha value is -2.90. The largest absolute Gasteiger partial charge is 0.368 e. The lowest BCUT2D eigenvalue weighted by molar-refractivity contribution is 0.101. The van der Waals surface area contributed by atoms with Crippen LogP contribution in [0.3, 0.4) is 0 Å². The summed E-state index contributed by atoms with van der Waals surface area (Å²) in [4.78, 5) is 33.2. The molecule has 2 heterocycles. The minimum Gasteiger partial charge on any atom is -0.368 e. The molecule has 0 unspecified atom stereocenters. The third-order valence-corrected chi connectivity index (χ3v) is 6.85. The quantitative estimate of drug-likeness (QED) is 0.482. The highest BCUT2D eigenvalue weighted by Crippen LogP contribution is 2.18. The van der Waals surface area contributed by atoms with Crippen LogP contribution in [-0.2, 0) is 6.54 Å². The van der Waals surface area contributed by atoms with Gasteiger partial charge in [0.05, 0.1) is 0 Å². The average molecular weight is 464 g/mol. The second-order valence-corrected chi connectivity index (χ2v) is 9.27. The number of hydrogen-bond donors (Lipinski definition) is 1. The summed E-state index contributed by atoms with van der Waals surface area (Å²) in [6.07, 6.45) is 0.979. The van der Waals surface area contributed by atoms with Gasteiger partial charge in [0.25, 0.3) is 0 Å². The molecule has 2 aliphatic heterocycles. The van der Waals surface area contributed by atoms with Crippen molar-refractivity contribution in [2.75, 3.05) is 70.3 Å². The van der Waals surface area contributed by atoms with Crippen LogP contribution in [0.15, 0.2) is 54.6 Å². The topological polar surface area (TPSA) is 59.1 Å². The first-order valence-electron chi connectivity index (χ1n) is 12.5. The Morgan fingerprint density at radius 2 is 1.44 bits per heavy atom. The molecule has 34 heavy (non-hydrogen) atoms. The van der Waals surface area contributed by atoms with Gasteiger partial charge >= 0.3 is 6.03 Å². The maximum absolute atomic E-state index is 12.6. The minimum atomic E-state index is 0.0410. The SMILES string of the molecule is CC(=O)c1ccc(N2CCN(C(=O)NCCCN3CCN(Cc4ccccc4)CC3)CC2)cc1. The van der Waals surface area contributed by atoms with E-state index in [0.717, 1.165) is 76.6 Å². The van der Waals surface area contributed by atoms with Crippen molar-refractivity contribution in [2.24, 2.45) is 0 Å². The highest BCUT2D eigenvalue weighted by Gasteiger charge is 2.21. The number of nitrogens with zero attached hydrogens (tertiary/aromatic N) is 4. The van der Waals surface area contributed by atoms with Crippen LogP contribution in [0, 0.1) is 0 Å². The van der Waals surface area contributed by atoms with Crippen molar-refractivity contribution in [3.8, 4) is 0 Å². The highest BCUT2D eigenvalue weighted by molar-refractivity contribution is 5.94. The van der Waals surface area contributed by atoms with Gasteiger partial charge in [-0.05, 0) is 49.7 Å². The first-order chi connectivity index (χ1) is 16.6. The number of ketones is 1. The molecule has 0 aromatic heterocycles. The summed E-state index contributed by atoms with van der Waals surface area (Å²) in [7, 11) is 0. The van der Waals surface area contributed by atoms with Gasteiger partial charge in [0.2, 0.25) is 0 Å². The number of anilines is 1. The van der Waals surface area contributed by atoms with Crippen molar-refractivity contribution in [1.29, 1.82) is 0 Å². The average Bonchev–Trinajstić information content (AvgIpc) is 2.88. The molecule has 0 bridgehead atoms. The van der Waals surface area contributed by atoms with E-state index in [1.165, 1.54) is 5.56 Å². The number of rotatable bonds is 8. The van der Waals surface area contributed by atoms with Crippen molar-refractivity contribution in [3.05, 3.63) is 65.7 Å². The fourth-order valence-corrected chi connectivity index (χ4v) is 4.70. The number of amides is 2. The van der Waals surface area contributed by atoms with Gasteiger partial charge in [-0.3, -0.25) is 9.69 Å². The van der Waals surface area contributed by atoms with Gasteiger partial charge in [0.1, 0.15) is 0 Å². The number of benzene rings is 2. The second-order valence-electron chi connectivity index (χ2n) is 9.27. The summed E-state index contributed by atoms with van der Waals surface area (Å²) in [5.41, 5.74) is 3.22. The van der Waals surface area contributed by atoms with Crippen LogP contribution in [-0.4, -0.2) is 92.0 Å². The first-order valence-corrected chi connectivity index (χ1v) is 12.5. The van der Waals surface area contributed by atoms with Crippen LogP contribution in [0.25, 0.3) is 0 Å². The second kappa shape index (κ2) is 12.0. The minimum absolute atomic E-state index is 0.0410. The smallest absolute Gasteiger partial charge is 0.317 e. The molecule has 2 fully saturated rings. The van der Waals surface area contributed by atoms with Crippen LogP contribution in [0.2, 0.25) is 0 Å². The third-order valence-electron chi connectivity index (χ3n) is 6.85. The third kappa shape index (κ3) is 6.81. The number of hydrogen-bond acceptors (Lipinski definition) is 5. The van der Waals surface area contributed by atoms with Gasteiger partial charge in [0, 0.05) is 76.7 Å². The molecule has 7 nitrogen and oxygen atoms in total. The van der Waals surface area contributed by atoms with Crippen LogP contribution >= 0.6 is 0 Å². The van der Waals surface area contributed by atoms with E-state index >= 15 is 0 Å². The highest BCUT2D eigenvalue weighted by atomic mass is 16.2. The van der Waals surface area contributed by atoms with Gasteiger partial charge in [-0.25, -0.2) is 4.79 Å². The molecule has 2 aliphatic rings. The van der Waals surface area contributed by atoms with E-state index < -0.39 is 0 Å². The molecule has 0 aliphatic carbocycles. The van der Waals surface area contributed by atoms with Crippen LogP contribution < -0.4 is 10.2 Å². The Morgan fingerprint density at radius 3 is 2.09 bits per heavy atom. The zero-order valence-electron chi connectivity index (χ0n) is 20.3. The van der Waals surface area contributed by atoms with E-state index in [2.05, 4.69) is 50.3 Å². The zero-order chi connectivity index (χ0) is 23.8. The summed E-state index contributed by atoms with van der Waals surface area (Å²) in [6, 6.07) is 18.5. The van der Waals surface area contributed by atoms with E-state index in [1.807, 2.05) is 29.2 Å². The fourth-order valence-electron chi connectivity index (χ4n) is 4.70. The van der Waals surface area contributed by atoms with Crippen molar-refractivity contribution in [3.63, 3.8) is 0 Å². The number of carbonyl (C=O) groups is 2. The number of piperazine rings is 2. The predicted molar refractivity (Wildman–Crippen MR) is 136 cm³/mol. The van der Waals surface area contributed by atoms with E-state index in [9.17, 15) is 9.59 Å². The van der Waals surface area contributed by atoms with Crippen molar-refractivity contribution < 1.29 is 9.59 Å². The number of nitrogens with one attached hydrogen (secondary N) is 1. The first kappa shape index (κ1) is 24.2. The lowest BCUT2D eigenvalue weighted by Crippen LogP contribution is -2.52. The molecule has 0 radical (unpaired) electrons. The predicted octanol–water partition coefficient (Wildman–Crippen LogP) is 2.93. The molecule has 0 atom stereocenters. The Kier molecular flexibility index (Phi) is 8.55. The summed E-state index contributed by atoms with van der Waals surface area (Å²) in [5, 5.41) is 3.10. The van der Waals surface area contributed by atoms with Gasteiger partial charge in [-0.2, -0.15) is 0 Å². The van der Waals surface area contributed by atoms with E-state index in [1.54, 1.807) is 6.92 Å². The van der Waals surface area contributed by atoms with E-state index in [-0.39, 0.29) is 11.8 Å². The van der Waals surface area contributed by atoms with E-state index in [4.69, 9.17) is 0 Å². The van der Waals surface area contributed by atoms with Gasteiger partial charge in [-0.15, -0.1) is 0 Å². The molecule has 0 spiro atoms. The van der Waals surface area contributed by atoms with Crippen LogP contribution in [0.1, 0.15) is 29.3 Å². The molecular formula is C27H37N5O2. The van der Waals surface area contributed by atoms with Crippen LogP contribution in [0.5, 0.6) is 0 Å². The molecular weight excluding hydrogens is 426 g/mol. The monoisotopic (exact) mass is 463 g/mol. The Labute approximate surface area is 203 Å². The lowest BCUT2D eigenvalue weighted by atomic mass is 10.1. The normalized spacial score (nSPS) is 17.6. The van der Waals surface area contributed by atoms with Crippen molar-refractivity contribution in [2.45, 2.75) is 19.9 Å². The molecule has 2 aromatic carbocycles. The van der Waals surface area contributed by atoms with Gasteiger partial charge in [0.15, 0.2) is 5.78 Å². The molecule has 2 aromatic rings. The Bertz CT molecular complexity index is 918. The molecule has 1 N–H and O–H groups in total. The fraction of sp³-hybridized carbons (Fsp3) is 0.481.